The molecule has 1 heterocycles. The van der Waals surface area contributed by atoms with Crippen molar-refractivity contribution in [1.82, 2.24) is 15.6 Å². The molecule has 3 aromatic rings. The third kappa shape index (κ3) is 5.51. The van der Waals surface area contributed by atoms with Gasteiger partial charge in [0.05, 0.1) is 4.90 Å². The van der Waals surface area contributed by atoms with Crippen LogP contribution in [0.15, 0.2) is 77.7 Å². The second-order valence-electron chi connectivity index (χ2n) is 7.34. The number of carbonyl (C=O) groups excluding carboxylic acids is 2. The van der Waals surface area contributed by atoms with E-state index >= 15 is 0 Å². The fourth-order valence-corrected chi connectivity index (χ4v) is 4.55. The Morgan fingerprint density at radius 1 is 0.970 bits per heavy atom. The molecule has 3 aromatic carbocycles. The zero-order valence-corrected chi connectivity index (χ0v) is 18.8. The molecule has 0 fully saturated rings. The van der Waals surface area contributed by atoms with Crippen molar-refractivity contribution < 1.29 is 22.7 Å². The van der Waals surface area contributed by atoms with Gasteiger partial charge in [0.1, 0.15) is 5.75 Å². The van der Waals surface area contributed by atoms with Crippen LogP contribution in [-0.2, 0) is 27.8 Å². The maximum Gasteiger partial charge on any atom is 0.279 e. The molecule has 170 valence electrons. The summed E-state index contributed by atoms with van der Waals surface area (Å²) in [5, 5.41) is 0.541. The van der Waals surface area contributed by atoms with E-state index in [1.165, 1.54) is 24.3 Å². The molecule has 4 rings (SSSR count). The maximum absolute atomic E-state index is 12.6. The smallest absolute Gasteiger partial charge is 0.279 e. The summed E-state index contributed by atoms with van der Waals surface area (Å²) in [4.78, 5) is 24.8. The van der Waals surface area contributed by atoms with Crippen LogP contribution >= 0.6 is 11.6 Å². The molecule has 1 unspecified atom stereocenters. The van der Waals surface area contributed by atoms with Crippen LogP contribution in [0, 0.1) is 0 Å². The normalized spacial score (nSPS) is 14.8. The summed E-state index contributed by atoms with van der Waals surface area (Å²) in [5.74, 6) is -0.641. The first-order valence-corrected chi connectivity index (χ1v) is 11.9. The highest BCUT2D eigenvalue weighted by Crippen LogP contribution is 2.31. The van der Waals surface area contributed by atoms with E-state index in [1.54, 1.807) is 30.3 Å². The van der Waals surface area contributed by atoms with Gasteiger partial charge in [0.15, 0.2) is 6.10 Å². The number of benzene rings is 3. The van der Waals surface area contributed by atoms with Crippen molar-refractivity contribution in [3.63, 3.8) is 0 Å². The Bertz CT molecular complexity index is 1300. The fraction of sp³-hybridized carbons (Fsp3) is 0.130. The van der Waals surface area contributed by atoms with Crippen molar-refractivity contribution in [2.75, 3.05) is 0 Å². The molecule has 2 amide bonds. The second kappa shape index (κ2) is 9.62. The van der Waals surface area contributed by atoms with Gasteiger partial charge >= 0.3 is 0 Å². The Kier molecular flexibility index (Phi) is 6.64. The topological polar surface area (TPSA) is 114 Å². The third-order valence-corrected chi connectivity index (χ3v) is 6.64. The van der Waals surface area contributed by atoms with Crippen molar-refractivity contribution >= 4 is 33.4 Å². The Morgan fingerprint density at radius 2 is 1.76 bits per heavy atom. The van der Waals surface area contributed by atoms with E-state index < -0.39 is 27.9 Å². The second-order valence-corrected chi connectivity index (χ2v) is 9.55. The molecule has 0 aromatic heterocycles. The van der Waals surface area contributed by atoms with Crippen molar-refractivity contribution in [3.8, 4) is 5.75 Å². The minimum atomic E-state index is -3.84. The van der Waals surface area contributed by atoms with Gasteiger partial charge in [0.2, 0.25) is 10.0 Å². The Morgan fingerprint density at radius 3 is 2.55 bits per heavy atom. The van der Waals surface area contributed by atoms with Gasteiger partial charge in [0, 0.05) is 23.6 Å². The predicted molar refractivity (Wildman–Crippen MR) is 122 cm³/mol. The number of ether oxygens (including phenoxy) is 1. The number of carbonyl (C=O) groups is 2. The average molecular weight is 486 g/mol. The standard InChI is InChI=1S/C23H20ClN3O5S/c24-18-9-10-20-17(11-18)13-21(32-20)23(29)27-26-22(28)16-7-4-8-19(12-16)33(30,31)25-14-15-5-2-1-3-6-15/h1-12,21,25H,13-14H2,(H,26,28)(H,27,29). The Labute approximate surface area is 195 Å². The zero-order chi connectivity index (χ0) is 23.4. The van der Waals surface area contributed by atoms with Gasteiger partial charge in [-0.05, 0) is 47.5 Å². The lowest BCUT2D eigenvalue weighted by Gasteiger charge is -2.13. The van der Waals surface area contributed by atoms with Crippen molar-refractivity contribution in [2.24, 2.45) is 0 Å². The van der Waals surface area contributed by atoms with Crippen LogP contribution < -0.4 is 20.3 Å². The van der Waals surface area contributed by atoms with Crippen LogP contribution in [0.25, 0.3) is 0 Å². The number of hydrogen-bond donors (Lipinski definition) is 3. The van der Waals surface area contributed by atoms with Gasteiger partial charge in [-0.1, -0.05) is 48.0 Å². The van der Waals surface area contributed by atoms with E-state index in [2.05, 4.69) is 15.6 Å². The summed E-state index contributed by atoms with van der Waals surface area (Å²) in [7, 11) is -3.84. The highest BCUT2D eigenvalue weighted by atomic mass is 35.5. The van der Waals surface area contributed by atoms with Crippen LogP contribution in [0.4, 0.5) is 0 Å². The van der Waals surface area contributed by atoms with Gasteiger partial charge < -0.3 is 4.74 Å². The zero-order valence-electron chi connectivity index (χ0n) is 17.2. The highest BCUT2D eigenvalue weighted by molar-refractivity contribution is 7.89. The molecule has 0 bridgehead atoms. The van der Waals surface area contributed by atoms with Crippen molar-refractivity contribution in [1.29, 1.82) is 0 Å². The molecule has 0 saturated heterocycles. The molecule has 0 spiro atoms. The van der Waals surface area contributed by atoms with E-state index in [4.69, 9.17) is 16.3 Å². The number of rotatable bonds is 6. The maximum atomic E-state index is 12.6. The summed E-state index contributed by atoms with van der Waals surface area (Å²) in [6.45, 7) is 0.116. The molecule has 0 radical (unpaired) electrons. The minimum Gasteiger partial charge on any atom is -0.480 e. The quantitative estimate of drug-likeness (QED) is 0.464. The molecule has 0 aliphatic carbocycles. The van der Waals surface area contributed by atoms with Crippen LogP contribution in [-0.4, -0.2) is 26.3 Å². The van der Waals surface area contributed by atoms with E-state index in [1.807, 2.05) is 18.2 Å². The molecule has 1 aliphatic heterocycles. The molecule has 0 saturated carbocycles. The van der Waals surface area contributed by atoms with Crippen molar-refractivity contribution in [2.45, 2.75) is 24.0 Å². The SMILES string of the molecule is O=C(NNC(=O)C1Cc2cc(Cl)ccc2O1)c1cccc(S(=O)(=O)NCc2ccccc2)c1. The monoisotopic (exact) mass is 485 g/mol. The number of hydrogen-bond acceptors (Lipinski definition) is 5. The van der Waals surface area contributed by atoms with Gasteiger partial charge in [-0.3, -0.25) is 20.4 Å². The predicted octanol–water partition coefficient (Wildman–Crippen LogP) is 2.58. The van der Waals surface area contributed by atoms with Crippen molar-refractivity contribution in [3.05, 3.63) is 94.5 Å². The molecule has 33 heavy (non-hydrogen) atoms. The fourth-order valence-electron chi connectivity index (χ4n) is 3.30. The van der Waals surface area contributed by atoms with Gasteiger partial charge in [0.25, 0.3) is 11.8 Å². The first-order valence-electron chi connectivity index (χ1n) is 10.0. The highest BCUT2D eigenvalue weighted by Gasteiger charge is 2.29. The number of nitrogens with one attached hydrogen (secondary N) is 3. The molecule has 8 nitrogen and oxygen atoms in total. The Hall–Kier alpha value is -3.40. The Balaban J connectivity index is 1.35. The number of amides is 2. The number of fused-ring (bicyclic) bond motifs is 1. The lowest BCUT2D eigenvalue weighted by Crippen LogP contribution is -2.47. The summed E-state index contributed by atoms with van der Waals surface area (Å²) in [5.41, 5.74) is 6.28. The molecule has 1 atom stereocenters. The summed E-state index contributed by atoms with van der Waals surface area (Å²) < 4.78 is 33.3. The van der Waals surface area contributed by atoms with Crippen LogP contribution in [0.3, 0.4) is 0 Å². The lowest BCUT2D eigenvalue weighted by molar-refractivity contribution is -0.128. The first-order chi connectivity index (χ1) is 15.8. The molecule has 10 heteroatoms. The first kappa shape index (κ1) is 22.8. The number of sulfonamides is 1. The van der Waals surface area contributed by atoms with Gasteiger partial charge in [-0.15, -0.1) is 0 Å². The summed E-state index contributed by atoms with van der Waals surface area (Å²) in [6.07, 6.45) is -0.494. The number of halogens is 1. The minimum absolute atomic E-state index is 0.0659. The summed E-state index contributed by atoms with van der Waals surface area (Å²) >= 11 is 5.96. The molecule has 3 N–H and O–H groups in total. The van der Waals surface area contributed by atoms with E-state index in [0.29, 0.717) is 17.2 Å². The largest absolute Gasteiger partial charge is 0.480 e. The summed E-state index contributed by atoms with van der Waals surface area (Å²) in [6, 6.07) is 19.7. The molecular formula is C23H20ClN3O5S. The molecular weight excluding hydrogens is 466 g/mol. The average Bonchev–Trinajstić information content (AvgIpc) is 3.25. The molecule has 1 aliphatic rings. The van der Waals surface area contributed by atoms with Crippen LogP contribution in [0.5, 0.6) is 5.75 Å². The van der Waals surface area contributed by atoms with Crippen LogP contribution in [0.2, 0.25) is 5.02 Å². The van der Waals surface area contributed by atoms with Gasteiger partial charge in [-0.25, -0.2) is 13.1 Å². The number of hydrazine groups is 1. The third-order valence-electron chi connectivity index (χ3n) is 5.00. The van der Waals surface area contributed by atoms with Crippen LogP contribution in [0.1, 0.15) is 21.5 Å². The van der Waals surface area contributed by atoms with Gasteiger partial charge in [-0.2, -0.15) is 0 Å². The van der Waals surface area contributed by atoms with E-state index in [9.17, 15) is 18.0 Å². The van der Waals surface area contributed by atoms with E-state index in [-0.39, 0.29) is 17.0 Å². The lowest BCUT2D eigenvalue weighted by atomic mass is 10.1. The van der Waals surface area contributed by atoms with E-state index in [0.717, 1.165) is 11.1 Å².